The summed E-state index contributed by atoms with van der Waals surface area (Å²) >= 11 is 0. The summed E-state index contributed by atoms with van der Waals surface area (Å²) in [6, 6.07) is 112. The summed E-state index contributed by atoms with van der Waals surface area (Å²) < 4.78 is 0. The van der Waals surface area contributed by atoms with Gasteiger partial charge in [0.05, 0.1) is 0 Å². The topological polar surface area (TPSA) is 3.24 Å². The first kappa shape index (κ1) is 44.6. The monoisotopic (exact) mass is 929 g/mol. The van der Waals surface area contributed by atoms with E-state index in [-0.39, 0.29) is 0 Å². The third kappa shape index (κ3) is 9.82. The molecule has 0 unspecified atom stereocenters. The van der Waals surface area contributed by atoms with Gasteiger partial charge in [0.25, 0.3) is 0 Å². The SMILES string of the molecule is c1ccc(-c2ccc(-c3cccc(-c4ccc(N(c5ccc(-c6cccc(-c7ccc(-c8ccccc8)cc7)c6)cc5)c5ccc(-c6cccc(-c7ccc(-c8ccccc8)cc7)c6)cc5)cc4)c3)cc2)cc1. The Hall–Kier alpha value is -9.56. The van der Waals surface area contributed by atoms with Crippen LogP contribution >= 0.6 is 0 Å². The largest absolute Gasteiger partial charge is 0.311 e. The van der Waals surface area contributed by atoms with Crippen LogP contribution < -0.4 is 4.90 Å². The van der Waals surface area contributed by atoms with Crippen LogP contribution in [0.4, 0.5) is 17.1 Å². The van der Waals surface area contributed by atoms with Gasteiger partial charge in [0.1, 0.15) is 0 Å². The summed E-state index contributed by atoms with van der Waals surface area (Å²) in [6.45, 7) is 0. The van der Waals surface area contributed by atoms with Gasteiger partial charge in [-0.1, -0.05) is 255 Å². The maximum atomic E-state index is 2.36. The molecule has 0 amide bonds. The predicted molar refractivity (Wildman–Crippen MR) is 310 cm³/mol. The van der Waals surface area contributed by atoms with Gasteiger partial charge in [-0.15, -0.1) is 0 Å². The average molecular weight is 930 g/mol. The Bertz CT molecular complexity index is 3350. The molecule has 0 saturated heterocycles. The normalized spacial score (nSPS) is 11.0. The molecular formula is C72H51N. The van der Waals surface area contributed by atoms with Crippen molar-refractivity contribution in [2.75, 3.05) is 4.90 Å². The van der Waals surface area contributed by atoms with Gasteiger partial charge in [-0.25, -0.2) is 0 Å². The molecule has 0 N–H and O–H groups in total. The first-order valence-electron chi connectivity index (χ1n) is 25.0. The molecule has 0 radical (unpaired) electrons. The predicted octanol–water partition coefficient (Wildman–Crippen LogP) is 20.2. The first-order chi connectivity index (χ1) is 36.1. The Labute approximate surface area is 429 Å². The van der Waals surface area contributed by atoms with Gasteiger partial charge in [0.2, 0.25) is 0 Å². The number of rotatable bonds is 12. The van der Waals surface area contributed by atoms with Crippen molar-refractivity contribution in [2.45, 2.75) is 0 Å². The Morgan fingerprint density at radius 2 is 0.274 bits per heavy atom. The molecule has 0 atom stereocenters. The summed E-state index contributed by atoms with van der Waals surface area (Å²) in [6.07, 6.45) is 0. The fraction of sp³-hybridized carbons (Fsp3) is 0. The van der Waals surface area contributed by atoms with Crippen molar-refractivity contribution in [3.05, 3.63) is 309 Å². The highest BCUT2D eigenvalue weighted by molar-refractivity contribution is 5.84. The van der Waals surface area contributed by atoms with Gasteiger partial charge in [0, 0.05) is 17.1 Å². The zero-order valence-electron chi connectivity index (χ0n) is 40.4. The van der Waals surface area contributed by atoms with Crippen molar-refractivity contribution < 1.29 is 0 Å². The molecule has 0 saturated carbocycles. The van der Waals surface area contributed by atoms with E-state index in [2.05, 4.69) is 314 Å². The minimum absolute atomic E-state index is 1.08. The molecule has 0 aromatic heterocycles. The number of nitrogens with zero attached hydrogens (tertiary/aromatic N) is 1. The van der Waals surface area contributed by atoms with Crippen LogP contribution in [0.3, 0.4) is 0 Å². The fourth-order valence-corrected chi connectivity index (χ4v) is 9.95. The molecule has 73 heavy (non-hydrogen) atoms. The minimum atomic E-state index is 1.08. The molecular weight excluding hydrogens is 879 g/mol. The van der Waals surface area contributed by atoms with E-state index < -0.39 is 0 Å². The Kier molecular flexibility index (Phi) is 12.5. The summed E-state index contributed by atoms with van der Waals surface area (Å²) in [5.74, 6) is 0. The van der Waals surface area contributed by atoms with Crippen molar-refractivity contribution in [3.63, 3.8) is 0 Å². The molecule has 12 rings (SSSR count). The average Bonchev–Trinajstić information content (AvgIpc) is 3.49. The highest BCUT2D eigenvalue weighted by Gasteiger charge is 2.15. The van der Waals surface area contributed by atoms with Crippen LogP contribution in [0, 0.1) is 0 Å². The number of benzene rings is 12. The zero-order chi connectivity index (χ0) is 48.8. The van der Waals surface area contributed by atoms with Gasteiger partial charge in [-0.3, -0.25) is 0 Å². The zero-order valence-corrected chi connectivity index (χ0v) is 40.4. The Balaban J connectivity index is 0.840. The van der Waals surface area contributed by atoms with Gasteiger partial charge in [0.15, 0.2) is 0 Å². The maximum Gasteiger partial charge on any atom is 0.0462 e. The van der Waals surface area contributed by atoms with Gasteiger partial charge in [-0.2, -0.15) is 0 Å². The summed E-state index contributed by atoms with van der Waals surface area (Å²) in [5, 5.41) is 0. The quantitative estimate of drug-likeness (QED) is 0.118. The standard InChI is InChI=1S/C72H51N/c1-4-13-52(14-5-1)55-25-31-58(32-26-55)64-19-10-22-67(49-64)61-37-43-70(44-38-61)73(71-45-39-62(40-46-71)68-23-11-20-65(50-68)59-33-27-56(28-34-59)53-15-6-2-7-16-53)72-47-41-63(42-48-72)69-24-12-21-66(51-69)60-35-29-57(30-36-60)54-17-8-3-9-18-54/h1-51H. The van der Waals surface area contributed by atoms with E-state index in [9.17, 15) is 0 Å². The second-order valence-corrected chi connectivity index (χ2v) is 18.5. The molecule has 1 heteroatoms. The van der Waals surface area contributed by atoms with E-state index in [1.165, 1.54) is 100 Å². The van der Waals surface area contributed by atoms with Crippen LogP contribution in [-0.4, -0.2) is 0 Å². The molecule has 0 aliphatic carbocycles. The van der Waals surface area contributed by atoms with Crippen molar-refractivity contribution in [3.8, 4) is 100 Å². The molecule has 0 bridgehead atoms. The molecule has 1 nitrogen and oxygen atoms in total. The Morgan fingerprint density at radius 3 is 0.479 bits per heavy atom. The first-order valence-corrected chi connectivity index (χ1v) is 25.0. The van der Waals surface area contributed by atoms with E-state index >= 15 is 0 Å². The highest BCUT2D eigenvalue weighted by atomic mass is 15.1. The third-order valence-corrected chi connectivity index (χ3v) is 13.9. The van der Waals surface area contributed by atoms with Crippen LogP contribution in [0.5, 0.6) is 0 Å². The van der Waals surface area contributed by atoms with Gasteiger partial charge in [-0.05, 0) is 155 Å². The van der Waals surface area contributed by atoms with Crippen molar-refractivity contribution >= 4 is 17.1 Å². The summed E-state index contributed by atoms with van der Waals surface area (Å²) in [5.41, 5.74) is 24.8. The van der Waals surface area contributed by atoms with E-state index in [4.69, 9.17) is 0 Å². The van der Waals surface area contributed by atoms with Crippen LogP contribution in [-0.2, 0) is 0 Å². The van der Waals surface area contributed by atoms with Gasteiger partial charge >= 0.3 is 0 Å². The molecule has 0 aliphatic rings. The molecule has 0 spiro atoms. The molecule has 0 fully saturated rings. The Morgan fingerprint density at radius 1 is 0.123 bits per heavy atom. The summed E-state index contributed by atoms with van der Waals surface area (Å²) in [4.78, 5) is 2.36. The second kappa shape index (κ2) is 20.4. The lowest BCUT2D eigenvalue weighted by Gasteiger charge is -2.26. The number of hydrogen-bond donors (Lipinski definition) is 0. The summed E-state index contributed by atoms with van der Waals surface area (Å²) in [7, 11) is 0. The molecule has 344 valence electrons. The molecule has 0 aliphatic heterocycles. The van der Waals surface area contributed by atoms with Crippen molar-refractivity contribution in [1.82, 2.24) is 0 Å². The van der Waals surface area contributed by atoms with Crippen LogP contribution in [0.15, 0.2) is 309 Å². The molecule has 12 aromatic rings. The van der Waals surface area contributed by atoms with E-state index in [0.717, 1.165) is 17.1 Å². The third-order valence-electron chi connectivity index (χ3n) is 13.9. The van der Waals surface area contributed by atoms with Crippen LogP contribution in [0.25, 0.3) is 100 Å². The van der Waals surface area contributed by atoms with Crippen LogP contribution in [0.1, 0.15) is 0 Å². The highest BCUT2D eigenvalue weighted by Crippen LogP contribution is 2.39. The maximum absolute atomic E-state index is 2.36. The lowest BCUT2D eigenvalue weighted by atomic mass is 9.96. The molecule has 0 heterocycles. The second-order valence-electron chi connectivity index (χ2n) is 18.5. The number of hydrogen-bond acceptors (Lipinski definition) is 1. The minimum Gasteiger partial charge on any atom is -0.311 e. The lowest BCUT2D eigenvalue weighted by molar-refractivity contribution is 1.28. The van der Waals surface area contributed by atoms with Crippen LogP contribution in [0.2, 0.25) is 0 Å². The van der Waals surface area contributed by atoms with E-state index in [1.54, 1.807) is 0 Å². The number of anilines is 3. The lowest BCUT2D eigenvalue weighted by Crippen LogP contribution is -2.09. The van der Waals surface area contributed by atoms with E-state index in [0.29, 0.717) is 0 Å². The molecule has 12 aromatic carbocycles. The van der Waals surface area contributed by atoms with Crippen molar-refractivity contribution in [2.24, 2.45) is 0 Å². The van der Waals surface area contributed by atoms with Crippen molar-refractivity contribution in [1.29, 1.82) is 0 Å². The van der Waals surface area contributed by atoms with Gasteiger partial charge < -0.3 is 4.90 Å². The fourth-order valence-electron chi connectivity index (χ4n) is 9.95. The smallest absolute Gasteiger partial charge is 0.0462 e. The van der Waals surface area contributed by atoms with E-state index in [1.807, 2.05) is 0 Å².